The predicted octanol–water partition coefficient (Wildman–Crippen LogP) is 4.26. The number of aromatic carboxylic acids is 1. The van der Waals surface area contributed by atoms with Crippen molar-refractivity contribution in [1.82, 2.24) is 19.4 Å². The Morgan fingerprint density at radius 3 is 2.64 bits per heavy atom. The molecule has 2 saturated heterocycles. The smallest absolute Gasteiger partial charge is 0.341 e. The molecule has 0 amide bonds. The van der Waals surface area contributed by atoms with Crippen LogP contribution in [0.15, 0.2) is 35.5 Å². The first-order valence-electron chi connectivity index (χ1n) is 14.1. The van der Waals surface area contributed by atoms with Crippen molar-refractivity contribution in [3.8, 4) is 22.3 Å². The number of nitrogens with one attached hydrogen (secondary N) is 1. The van der Waals surface area contributed by atoms with Gasteiger partial charge in [0.15, 0.2) is 11.6 Å². The number of benzene rings is 1. The average Bonchev–Trinajstić information content (AvgIpc) is 3.59. The molecule has 3 aliphatic rings. The Bertz CT molecular complexity index is 1870. The second-order valence-electron chi connectivity index (χ2n) is 11.5. The number of halogens is 2. The van der Waals surface area contributed by atoms with Gasteiger partial charge in [-0.25, -0.2) is 18.6 Å². The summed E-state index contributed by atoms with van der Waals surface area (Å²) in [7, 11) is 5.46. The van der Waals surface area contributed by atoms with Crippen LogP contribution >= 0.6 is 0 Å². The summed E-state index contributed by atoms with van der Waals surface area (Å²) in [5, 5.41) is 12.8. The number of rotatable bonds is 4. The summed E-state index contributed by atoms with van der Waals surface area (Å²) in [6.45, 7) is 1.73. The third-order valence-corrected chi connectivity index (χ3v) is 9.25. The quantitative estimate of drug-likeness (QED) is 0.330. The van der Waals surface area contributed by atoms with Gasteiger partial charge in [-0.3, -0.25) is 9.78 Å². The number of carboxylic acid groups (broad SMARTS) is 1. The molecule has 0 radical (unpaired) electrons. The van der Waals surface area contributed by atoms with Gasteiger partial charge in [0, 0.05) is 91.7 Å². The molecule has 2 unspecified atom stereocenters. The summed E-state index contributed by atoms with van der Waals surface area (Å²) >= 11 is 0. The normalized spacial score (nSPS) is 19.6. The van der Waals surface area contributed by atoms with Crippen molar-refractivity contribution in [2.24, 2.45) is 7.05 Å². The van der Waals surface area contributed by atoms with Crippen LogP contribution < -0.4 is 15.6 Å². The minimum Gasteiger partial charge on any atom is -0.477 e. The summed E-state index contributed by atoms with van der Waals surface area (Å²) in [4.78, 5) is 39.0. The topological polar surface area (TPSA) is 104 Å². The summed E-state index contributed by atoms with van der Waals surface area (Å²) in [6.07, 6.45) is 7.88. The van der Waals surface area contributed by atoms with Crippen LogP contribution in [0.3, 0.4) is 0 Å². The molecule has 1 aliphatic carbocycles. The monoisotopic (exact) mass is 572 g/mol. The number of anilines is 2. The Kier molecular flexibility index (Phi) is 6.05. The van der Waals surface area contributed by atoms with Gasteiger partial charge in [0.25, 0.3) is 0 Å². The van der Waals surface area contributed by atoms with E-state index in [1.807, 2.05) is 0 Å². The molecular formula is C31H30F2N6O3. The molecule has 5 heterocycles. The van der Waals surface area contributed by atoms with Crippen molar-refractivity contribution in [3.63, 3.8) is 0 Å². The van der Waals surface area contributed by atoms with E-state index in [4.69, 9.17) is 4.98 Å². The van der Waals surface area contributed by atoms with Crippen molar-refractivity contribution in [3.05, 3.63) is 69.4 Å². The summed E-state index contributed by atoms with van der Waals surface area (Å²) < 4.78 is 32.2. The second-order valence-corrected chi connectivity index (χ2v) is 11.5. The average molecular weight is 573 g/mol. The van der Waals surface area contributed by atoms with Crippen molar-refractivity contribution >= 4 is 28.4 Å². The molecule has 0 bridgehead atoms. The largest absolute Gasteiger partial charge is 0.477 e. The molecule has 9 nitrogen and oxygen atoms in total. The van der Waals surface area contributed by atoms with Gasteiger partial charge in [-0.15, -0.1) is 0 Å². The standard InChI is InChI=1S/C31H30F2N6O3/c1-34-21-11-20(32)27(33)25-16(21)10-22-26(25)28(39-8-6-23-24(39)5-4-7-37(23)2)18(13-35-22)15-9-17-29(40)19(31(41)42)14-38(3)30(17)36-12-15/h9,11-14,23-24,34H,4-8,10H2,1-3H3,(H,41,42). The highest BCUT2D eigenvalue weighted by Gasteiger charge is 2.42. The number of pyridine rings is 3. The zero-order chi connectivity index (χ0) is 29.4. The number of aromatic nitrogens is 3. The number of likely N-dealkylation sites (N-methyl/N-ethyl adjacent to an activating group) is 1. The lowest BCUT2D eigenvalue weighted by Crippen LogP contribution is -2.48. The molecule has 42 heavy (non-hydrogen) atoms. The predicted molar refractivity (Wildman–Crippen MR) is 156 cm³/mol. The van der Waals surface area contributed by atoms with Gasteiger partial charge in [0.2, 0.25) is 5.43 Å². The van der Waals surface area contributed by atoms with E-state index in [2.05, 4.69) is 27.1 Å². The van der Waals surface area contributed by atoms with E-state index in [0.29, 0.717) is 51.7 Å². The maximum atomic E-state index is 15.8. The van der Waals surface area contributed by atoms with E-state index in [1.165, 1.54) is 16.8 Å². The molecule has 11 heteroatoms. The molecule has 0 saturated carbocycles. The van der Waals surface area contributed by atoms with Crippen LogP contribution in [-0.4, -0.2) is 69.8 Å². The molecular weight excluding hydrogens is 542 g/mol. The van der Waals surface area contributed by atoms with Crippen LogP contribution in [-0.2, 0) is 13.5 Å². The van der Waals surface area contributed by atoms with Crippen LogP contribution in [0.4, 0.5) is 20.2 Å². The van der Waals surface area contributed by atoms with Gasteiger partial charge in [-0.2, -0.15) is 0 Å². The number of fused-ring (bicyclic) bond motifs is 5. The number of aryl methyl sites for hydroxylation is 1. The van der Waals surface area contributed by atoms with Crippen LogP contribution in [0.1, 0.15) is 40.9 Å². The molecule has 2 atom stereocenters. The Hall–Kier alpha value is -4.38. The first-order chi connectivity index (χ1) is 20.2. The lowest BCUT2D eigenvalue weighted by molar-refractivity contribution is 0.0695. The zero-order valence-electron chi connectivity index (χ0n) is 23.5. The number of carbonyl (C=O) groups is 1. The third kappa shape index (κ3) is 3.76. The molecule has 2 fully saturated rings. The summed E-state index contributed by atoms with van der Waals surface area (Å²) in [5.41, 5.74) is 3.92. The summed E-state index contributed by atoms with van der Waals surface area (Å²) in [6, 6.07) is 3.31. The molecule has 0 spiro atoms. The number of piperidine rings is 1. The van der Waals surface area contributed by atoms with E-state index >= 15 is 4.39 Å². The first kappa shape index (κ1) is 26.5. The zero-order valence-corrected chi connectivity index (χ0v) is 23.5. The highest BCUT2D eigenvalue weighted by Crippen LogP contribution is 2.51. The highest BCUT2D eigenvalue weighted by atomic mass is 19.2. The number of hydrogen-bond acceptors (Lipinski definition) is 7. The van der Waals surface area contributed by atoms with E-state index in [9.17, 15) is 19.1 Å². The maximum Gasteiger partial charge on any atom is 0.341 e. The van der Waals surface area contributed by atoms with Crippen LogP contribution in [0, 0.1) is 11.6 Å². The lowest BCUT2D eigenvalue weighted by Gasteiger charge is -2.39. The summed E-state index contributed by atoms with van der Waals surface area (Å²) in [5.74, 6) is -3.16. The SMILES string of the molecule is CNc1cc(F)c(F)c2c1Cc1ncc(-c3cnc4c(c3)c(=O)c(C(=O)O)cn4C)c(N3CCC4C3CCCN4C)c1-2. The fraction of sp³-hybridized carbons (Fsp3) is 0.355. The minimum atomic E-state index is -1.32. The van der Waals surface area contributed by atoms with E-state index < -0.39 is 23.0 Å². The molecule has 216 valence electrons. The molecule has 3 aromatic heterocycles. The van der Waals surface area contributed by atoms with Gasteiger partial charge in [-0.05, 0) is 44.5 Å². The van der Waals surface area contributed by atoms with Gasteiger partial charge in [0.05, 0.1) is 16.8 Å². The number of hydrogen-bond donors (Lipinski definition) is 2. The van der Waals surface area contributed by atoms with E-state index in [-0.39, 0.29) is 22.6 Å². The van der Waals surface area contributed by atoms with Crippen LogP contribution in [0.25, 0.3) is 33.3 Å². The van der Waals surface area contributed by atoms with E-state index in [0.717, 1.165) is 38.0 Å². The Morgan fingerprint density at radius 1 is 1.07 bits per heavy atom. The Balaban J connectivity index is 1.52. The molecule has 4 aromatic rings. The molecule has 1 aromatic carbocycles. The van der Waals surface area contributed by atoms with E-state index in [1.54, 1.807) is 32.6 Å². The third-order valence-electron chi connectivity index (χ3n) is 9.25. The second kappa shape index (κ2) is 9.59. The van der Waals surface area contributed by atoms with Crippen LogP contribution in [0.5, 0.6) is 0 Å². The van der Waals surface area contributed by atoms with Gasteiger partial charge in [-0.1, -0.05) is 0 Å². The van der Waals surface area contributed by atoms with Crippen molar-refractivity contribution in [2.45, 2.75) is 37.8 Å². The highest BCUT2D eigenvalue weighted by molar-refractivity contribution is 5.99. The van der Waals surface area contributed by atoms with Gasteiger partial charge < -0.3 is 24.8 Å². The lowest BCUT2D eigenvalue weighted by atomic mass is 9.94. The molecule has 2 aliphatic heterocycles. The Labute approximate surface area is 240 Å². The van der Waals surface area contributed by atoms with Gasteiger partial charge >= 0.3 is 5.97 Å². The maximum absolute atomic E-state index is 15.8. The van der Waals surface area contributed by atoms with Crippen molar-refractivity contribution in [1.29, 1.82) is 0 Å². The molecule has 2 N–H and O–H groups in total. The first-order valence-corrected chi connectivity index (χ1v) is 14.1. The Morgan fingerprint density at radius 2 is 1.88 bits per heavy atom. The van der Waals surface area contributed by atoms with Crippen molar-refractivity contribution in [2.75, 3.05) is 37.4 Å². The number of nitrogens with zero attached hydrogens (tertiary/aromatic N) is 5. The number of carboxylic acids is 1. The van der Waals surface area contributed by atoms with Crippen molar-refractivity contribution < 1.29 is 18.7 Å². The fourth-order valence-corrected chi connectivity index (χ4v) is 7.30. The van der Waals surface area contributed by atoms with Gasteiger partial charge in [0.1, 0.15) is 11.2 Å². The minimum absolute atomic E-state index is 0.160. The molecule has 7 rings (SSSR count). The number of likely N-dealkylation sites (tertiary alicyclic amines) is 1. The van der Waals surface area contributed by atoms with Crippen LogP contribution in [0.2, 0.25) is 0 Å². The fourth-order valence-electron chi connectivity index (χ4n) is 7.30.